The zero-order valence-corrected chi connectivity index (χ0v) is 14.2. The molecule has 22 heavy (non-hydrogen) atoms. The summed E-state index contributed by atoms with van der Waals surface area (Å²) in [7, 11) is 0. The monoisotopic (exact) mass is 322 g/mol. The molecule has 1 saturated carbocycles. The van der Waals surface area contributed by atoms with Crippen LogP contribution in [0.3, 0.4) is 0 Å². The normalized spacial score (nSPS) is 32.9. The highest BCUT2D eigenvalue weighted by atomic mass is 32.1. The molecule has 1 aliphatic carbocycles. The van der Waals surface area contributed by atoms with Crippen molar-refractivity contribution in [2.45, 2.75) is 57.3 Å². The van der Waals surface area contributed by atoms with Crippen LogP contribution in [0.5, 0.6) is 0 Å². The van der Waals surface area contributed by atoms with Gasteiger partial charge in [-0.1, -0.05) is 6.42 Å². The standard InChI is InChI=1S/C17H26N2O2S/c1-13-18-15(11-22-13)9-20-16-7-17(21-10-16)5-6-19(12-17)8-14-3-2-4-14/h11,14,16H,2-10,12H2,1H3. The third-order valence-electron chi connectivity index (χ3n) is 5.45. The van der Waals surface area contributed by atoms with Crippen LogP contribution in [0.2, 0.25) is 0 Å². The van der Waals surface area contributed by atoms with E-state index in [4.69, 9.17) is 9.47 Å². The fraction of sp³-hybridized carbons (Fsp3) is 0.824. The first-order chi connectivity index (χ1) is 10.7. The number of likely N-dealkylation sites (tertiary alicyclic amines) is 1. The van der Waals surface area contributed by atoms with Gasteiger partial charge < -0.3 is 14.4 Å². The van der Waals surface area contributed by atoms with Crippen molar-refractivity contribution < 1.29 is 9.47 Å². The Kier molecular flexibility index (Phi) is 4.24. The molecule has 2 unspecified atom stereocenters. The van der Waals surface area contributed by atoms with Crippen LogP contribution < -0.4 is 0 Å². The van der Waals surface area contributed by atoms with Crippen LogP contribution in [0.25, 0.3) is 0 Å². The van der Waals surface area contributed by atoms with E-state index in [1.54, 1.807) is 11.3 Å². The second-order valence-electron chi connectivity index (χ2n) is 7.27. The Morgan fingerprint density at radius 1 is 1.50 bits per heavy atom. The van der Waals surface area contributed by atoms with E-state index in [9.17, 15) is 0 Å². The molecule has 3 fully saturated rings. The Morgan fingerprint density at radius 3 is 3.14 bits per heavy atom. The summed E-state index contributed by atoms with van der Waals surface area (Å²) in [6.45, 7) is 7.01. The van der Waals surface area contributed by atoms with E-state index in [0.717, 1.165) is 36.2 Å². The highest BCUT2D eigenvalue weighted by Gasteiger charge is 2.46. The van der Waals surface area contributed by atoms with Crippen LogP contribution in [-0.4, -0.2) is 47.8 Å². The van der Waals surface area contributed by atoms with Crippen molar-refractivity contribution in [2.24, 2.45) is 5.92 Å². The van der Waals surface area contributed by atoms with E-state index >= 15 is 0 Å². The van der Waals surface area contributed by atoms with E-state index < -0.39 is 0 Å². The van der Waals surface area contributed by atoms with Crippen molar-refractivity contribution in [1.29, 1.82) is 0 Å². The van der Waals surface area contributed by atoms with Crippen molar-refractivity contribution in [3.8, 4) is 0 Å². The van der Waals surface area contributed by atoms with Crippen molar-refractivity contribution in [1.82, 2.24) is 9.88 Å². The van der Waals surface area contributed by atoms with E-state index in [0.29, 0.717) is 6.61 Å². The van der Waals surface area contributed by atoms with Crippen LogP contribution in [0.15, 0.2) is 5.38 Å². The number of hydrogen-bond donors (Lipinski definition) is 0. The average molecular weight is 322 g/mol. The number of aryl methyl sites for hydroxylation is 1. The van der Waals surface area contributed by atoms with Gasteiger partial charge >= 0.3 is 0 Å². The Hall–Kier alpha value is -0.490. The molecule has 0 bridgehead atoms. The Morgan fingerprint density at radius 2 is 2.41 bits per heavy atom. The molecule has 1 spiro atoms. The molecular formula is C17H26N2O2S. The van der Waals surface area contributed by atoms with Crippen LogP contribution in [-0.2, 0) is 16.1 Å². The molecule has 122 valence electrons. The van der Waals surface area contributed by atoms with Gasteiger partial charge in [0.05, 0.1) is 35.6 Å². The Bertz CT molecular complexity index is 517. The molecule has 3 aliphatic rings. The molecule has 2 aliphatic heterocycles. The zero-order valence-electron chi connectivity index (χ0n) is 13.4. The second kappa shape index (κ2) is 6.19. The van der Waals surface area contributed by atoms with Crippen molar-refractivity contribution in [3.63, 3.8) is 0 Å². The van der Waals surface area contributed by atoms with Gasteiger partial charge in [-0.25, -0.2) is 4.98 Å². The largest absolute Gasteiger partial charge is 0.371 e. The predicted molar refractivity (Wildman–Crippen MR) is 87.1 cm³/mol. The van der Waals surface area contributed by atoms with Gasteiger partial charge in [0.25, 0.3) is 0 Å². The molecule has 2 atom stereocenters. The van der Waals surface area contributed by atoms with Gasteiger partial charge in [-0.15, -0.1) is 11.3 Å². The number of rotatable bonds is 5. The molecule has 5 heteroatoms. The summed E-state index contributed by atoms with van der Waals surface area (Å²) < 4.78 is 12.2. The maximum absolute atomic E-state index is 6.19. The van der Waals surface area contributed by atoms with Crippen LogP contribution in [0.4, 0.5) is 0 Å². The minimum atomic E-state index is 0.0758. The summed E-state index contributed by atoms with van der Waals surface area (Å²) in [5.41, 5.74) is 1.13. The maximum atomic E-state index is 6.19. The summed E-state index contributed by atoms with van der Waals surface area (Å²) in [6.07, 6.45) is 6.77. The average Bonchev–Trinajstić information content (AvgIpc) is 3.15. The molecule has 4 rings (SSSR count). The number of aromatic nitrogens is 1. The number of hydrogen-bond acceptors (Lipinski definition) is 5. The topological polar surface area (TPSA) is 34.6 Å². The second-order valence-corrected chi connectivity index (χ2v) is 8.33. The van der Waals surface area contributed by atoms with E-state index in [2.05, 4.69) is 15.3 Å². The lowest BCUT2D eigenvalue weighted by Crippen LogP contribution is -2.36. The first-order valence-corrected chi connectivity index (χ1v) is 9.48. The van der Waals surface area contributed by atoms with Crippen LogP contribution in [0, 0.1) is 12.8 Å². The van der Waals surface area contributed by atoms with Gasteiger partial charge in [0.15, 0.2) is 0 Å². The van der Waals surface area contributed by atoms with Gasteiger partial charge in [0.1, 0.15) is 0 Å². The van der Waals surface area contributed by atoms with Crippen molar-refractivity contribution in [2.75, 3.05) is 26.2 Å². The van der Waals surface area contributed by atoms with Crippen LogP contribution in [0.1, 0.15) is 42.8 Å². The van der Waals surface area contributed by atoms with E-state index in [-0.39, 0.29) is 11.7 Å². The fourth-order valence-electron chi connectivity index (χ4n) is 4.00. The van der Waals surface area contributed by atoms with Gasteiger partial charge in [-0.3, -0.25) is 0 Å². The molecule has 0 amide bonds. The lowest BCUT2D eigenvalue weighted by atomic mass is 9.85. The van der Waals surface area contributed by atoms with Crippen LogP contribution >= 0.6 is 11.3 Å². The third kappa shape index (κ3) is 3.23. The highest BCUT2D eigenvalue weighted by Crippen LogP contribution is 2.38. The van der Waals surface area contributed by atoms with Gasteiger partial charge in [0, 0.05) is 31.4 Å². The van der Waals surface area contributed by atoms with Gasteiger partial charge in [-0.2, -0.15) is 0 Å². The maximum Gasteiger partial charge on any atom is 0.0901 e. The summed E-state index contributed by atoms with van der Waals surface area (Å²) in [4.78, 5) is 7.09. The Labute approximate surface area is 136 Å². The molecule has 1 aromatic heterocycles. The summed E-state index contributed by atoms with van der Waals surface area (Å²) in [5.74, 6) is 0.955. The number of ether oxygens (including phenoxy) is 2. The highest BCUT2D eigenvalue weighted by molar-refractivity contribution is 7.09. The molecule has 4 nitrogen and oxygen atoms in total. The molecule has 0 N–H and O–H groups in total. The minimum absolute atomic E-state index is 0.0758. The lowest BCUT2D eigenvalue weighted by Gasteiger charge is -2.31. The zero-order chi connectivity index (χ0) is 15.0. The molecular weight excluding hydrogens is 296 g/mol. The minimum Gasteiger partial charge on any atom is -0.371 e. The quantitative estimate of drug-likeness (QED) is 0.835. The molecule has 0 radical (unpaired) electrons. The number of nitrogens with zero attached hydrogens (tertiary/aromatic N) is 2. The molecule has 1 aromatic rings. The molecule has 0 aromatic carbocycles. The first kappa shape index (κ1) is 15.1. The van der Waals surface area contributed by atoms with Gasteiger partial charge in [-0.05, 0) is 32.1 Å². The smallest absolute Gasteiger partial charge is 0.0901 e. The van der Waals surface area contributed by atoms with E-state index in [1.807, 2.05) is 6.92 Å². The first-order valence-electron chi connectivity index (χ1n) is 8.60. The SMILES string of the molecule is Cc1nc(COC2COC3(CCN(CC4CCC4)C3)C2)cs1. The van der Waals surface area contributed by atoms with E-state index in [1.165, 1.54) is 38.8 Å². The summed E-state index contributed by atoms with van der Waals surface area (Å²) in [5, 5.41) is 3.21. The molecule has 2 saturated heterocycles. The molecule has 3 heterocycles. The predicted octanol–water partition coefficient (Wildman–Crippen LogP) is 3.00. The number of thiazole rings is 1. The lowest BCUT2D eigenvalue weighted by molar-refractivity contribution is -0.00161. The van der Waals surface area contributed by atoms with Crippen molar-refractivity contribution >= 4 is 11.3 Å². The van der Waals surface area contributed by atoms with Gasteiger partial charge in [0.2, 0.25) is 0 Å². The third-order valence-corrected chi connectivity index (χ3v) is 6.27. The van der Waals surface area contributed by atoms with Crippen molar-refractivity contribution in [3.05, 3.63) is 16.1 Å². The fourth-order valence-corrected chi connectivity index (χ4v) is 4.59. The summed E-state index contributed by atoms with van der Waals surface area (Å²) >= 11 is 1.69. The summed E-state index contributed by atoms with van der Waals surface area (Å²) in [6, 6.07) is 0. The Balaban J connectivity index is 1.25.